The molecule has 1 unspecified atom stereocenters. The predicted octanol–water partition coefficient (Wildman–Crippen LogP) is 3.39. The molecule has 5 heteroatoms. The lowest BCUT2D eigenvalue weighted by Gasteiger charge is -2.32. The van der Waals surface area contributed by atoms with E-state index in [1.807, 2.05) is 7.05 Å². The fourth-order valence-electron chi connectivity index (χ4n) is 2.29. The van der Waals surface area contributed by atoms with Crippen LogP contribution in [0.2, 0.25) is 0 Å². The van der Waals surface area contributed by atoms with Crippen LogP contribution in [-0.4, -0.2) is 20.4 Å². The molecule has 0 bridgehead atoms. The number of hydrogen-bond donors (Lipinski definition) is 0. The monoisotopic (exact) mass is 303 g/mol. The van der Waals surface area contributed by atoms with Gasteiger partial charge in [0.1, 0.15) is 0 Å². The summed E-state index contributed by atoms with van der Waals surface area (Å²) in [6, 6.07) is 0. The summed E-state index contributed by atoms with van der Waals surface area (Å²) in [5, 5.41) is 8.11. The number of allylic oxidation sites excluding steroid dienone is 2. The van der Waals surface area contributed by atoms with Gasteiger partial charge in [0.05, 0.1) is 11.1 Å². The number of hydrogen-bond acceptors (Lipinski definition) is 2. The van der Waals surface area contributed by atoms with Crippen molar-refractivity contribution in [1.29, 1.82) is 0 Å². The van der Waals surface area contributed by atoms with Gasteiger partial charge in [0, 0.05) is 7.05 Å². The van der Waals surface area contributed by atoms with E-state index in [1.165, 1.54) is 5.57 Å². The topological polar surface area (TPSA) is 30.7 Å². The van der Waals surface area contributed by atoms with Gasteiger partial charge in [-0.3, -0.25) is 0 Å². The molecule has 1 aliphatic rings. The predicted molar refractivity (Wildman–Crippen MR) is 69.3 cm³/mol. The van der Waals surface area contributed by atoms with Crippen molar-refractivity contribution in [3.05, 3.63) is 16.4 Å². The molecule has 3 nitrogen and oxygen atoms in total. The van der Waals surface area contributed by atoms with Crippen LogP contribution < -0.4 is 0 Å². The van der Waals surface area contributed by atoms with Crippen molar-refractivity contribution in [1.82, 2.24) is 15.0 Å². The van der Waals surface area contributed by atoms with Gasteiger partial charge in [-0.1, -0.05) is 25.1 Å². The van der Waals surface area contributed by atoms with Crippen LogP contribution in [0.15, 0.2) is 10.7 Å². The van der Waals surface area contributed by atoms with E-state index in [0.717, 1.165) is 23.1 Å². The molecule has 0 spiro atoms. The first-order valence-corrected chi connectivity index (χ1v) is 6.52. The number of alkyl halides is 1. The Bertz CT molecular complexity index is 417. The van der Waals surface area contributed by atoms with E-state index < -0.39 is 0 Å². The molecule has 1 aliphatic carbocycles. The number of aryl methyl sites for hydroxylation is 1. The van der Waals surface area contributed by atoms with Gasteiger partial charge < -0.3 is 0 Å². The Hall–Kier alpha value is -0.350. The second-order valence-electron chi connectivity index (χ2n) is 5.11. The Morgan fingerprint density at radius 1 is 1.56 bits per heavy atom. The highest BCUT2D eigenvalue weighted by Gasteiger charge is 2.30. The summed E-state index contributed by atoms with van der Waals surface area (Å²) >= 11 is 9.71. The van der Waals surface area contributed by atoms with Gasteiger partial charge in [-0.25, -0.2) is 4.68 Å². The highest BCUT2D eigenvalue weighted by molar-refractivity contribution is 9.10. The summed E-state index contributed by atoms with van der Waals surface area (Å²) < 4.78 is 2.59. The van der Waals surface area contributed by atoms with Crippen LogP contribution in [0.3, 0.4) is 0 Å². The molecule has 1 aromatic heterocycles. The Balaban J connectivity index is 2.41. The molecular weight excluding hydrogens is 289 g/mol. The minimum Gasteiger partial charge on any atom is -0.247 e. The maximum Gasteiger partial charge on any atom is 0.155 e. The smallest absolute Gasteiger partial charge is 0.155 e. The lowest BCUT2D eigenvalue weighted by Crippen LogP contribution is -2.22. The van der Waals surface area contributed by atoms with Crippen molar-refractivity contribution < 1.29 is 0 Å². The molecule has 0 saturated carbocycles. The van der Waals surface area contributed by atoms with Gasteiger partial charge in [0.2, 0.25) is 0 Å². The maximum atomic E-state index is 6.28. The van der Waals surface area contributed by atoms with E-state index >= 15 is 0 Å². The van der Waals surface area contributed by atoms with Gasteiger partial charge in [-0.15, -0.1) is 16.7 Å². The van der Waals surface area contributed by atoms with E-state index in [4.69, 9.17) is 11.6 Å². The fourth-order valence-corrected chi connectivity index (χ4v) is 3.44. The van der Waals surface area contributed by atoms with E-state index in [9.17, 15) is 0 Å². The second-order valence-corrected chi connectivity index (χ2v) is 6.42. The van der Waals surface area contributed by atoms with E-state index in [-0.39, 0.29) is 10.8 Å². The van der Waals surface area contributed by atoms with Gasteiger partial charge in [0.25, 0.3) is 0 Å². The Labute approximate surface area is 109 Å². The van der Waals surface area contributed by atoms with Crippen LogP contribution in [-0.2, 0) is 7.05 Å². The molecule has 1 aromatic rings. The third-order valence-corrected chi connectivity index (χ3v) is 3.70. The van der Waals surface area contributed by atoms with Crippen LogP contribution in [0.5, 0.6) is 0 Å². The molecule has 0 N–H and O–H groups in total. The van der Waals surface area contributed by atoms with Crippen LogP contribution in [0, 0.1) is 5.41 Å². The highest BCUT2D eigenvalue weighted by atomic mass is 79.9. The van der Waals surface area contributed by atoms with Crippen LogP contribution in [0.25, 0.3) is 5.57 Å². The standard InChI is InChI=1S/C11H15BrClN3/c1-11(2)5-7(4-8(13)6-11)9-10(12)14-15-16(9)3/h4,8H,5-6H2,1-3H3. The molecule has 0 saturated heterocycles. The first kappa shape index (κ1) is 12.1. The minimum atomic E-state index is 0.0977. The Kier molecular flexibility index (Phi) is 3.14. The first-order valence-electron chi connectivity index (χ1n) is 5.29. The second kappa shape index (κ2) is 4.15. The summed E-state index contributed by atoms with van der Waals surface area (Å²) in [6.07, 6.45) is 4.15. The van der Waals surface area contributed by atoms with Gasteiger partial charge in [-0.2, -0.15) is 0 Å². The molecule has 0 fully saturated rings. The van der Waals surface area contributed by atoms with Crippen molar-refractivity contribution >= 4 is 33.1 Å². The summed E-state index contributed by atoms with van der Waals surface area (Å²) in [5.74, 6) is 0. The van der Waals surface area contributed by atoms with Crippen molar-refractivity contribution in [2.45, 2.75) is 32.1 Å². The molecule has 1 heterocycles. The first-order chi connectivity index (χ1) is 7.39. The van der Waals surface area contributed by atoms with Crippen molar-refractivity contribution in [2.75, 3.05) is 0 Å². The Morgan fingerprint density at radius 2 is 2.25 bits per heavy atom. The quantitative estimate of drug-likeness (QED) is 0.745. The summed E-state index contributed by atoms with van der Waals surface area (Å²) in [5.41, 5.74) is 2.51. The van der Waals surface area contributed by atoms with Crippen molar-refractivity contribution in [3.8, 4) is 0 Å². The average molecular weight is 305 g/mol. The number of halogens is 2. The van der Waals surface area contributed by atoms with Crippen molar-refractivity contribution in [3.63, 3.8) is 0 Å². The SMILES string of the molecule is Cn1nnc(Br)c1C1=CC(Cl)CC(C)(C)C1. The number of rotatable bonds is 1. The summed E-state index contributed by atoms with van der Waals surface area (Å²) in [6.45, 7) is 4.49. The zero-order valence-electron chi connectivity index (χ0n) is 9.67. The zero-order chi connectivity index (χ0) is 11.9. The van der Waals surface area contributed by atoms with E-state index in [1.54, 1.807) is 4.68 Å². The van der Waals surface area contributed by atoms with Crippen LogP contribution in [0.4, 0.5) is 0 Å². The van der Waals surface area contributed by atoms with E-state index in [0.29, 0.717) is 0 Å². The molecule has 0 aliphatic heterocycles. The lowest BCUT2D eigenvalue weighted by atomic mass is 9.76. The van der Waals surface area contributed by atoms with Crippen LogP contribution >= 0.6 is 27.5 Å². The lowest BCUT2D eigenvalue weighted by molar-refractivity contribution is 0.339. The van der Waals surface area contributed by atoms with Crippen LogP contribution in [0.1, 0.15) is 32.4 Å². The summed E-state index contributed by atoms with van der Waals surface area (Å²) in [4.78, 5) is 0. The number of aromatic nitrogens is 3. The Morgan fingerprint density at radius 3 is 2.75 bits per heavy atom. The molecule has 0 amide bonds. The molecule has 2 rings (SSSR count). The maximum absolute atomic E-state index is 6.28. The summed E-state index contributed by atoms with van der Waals surface area (Å²) in [7, 11) is 1.90. The van der Waals surface area contributed by atoms with Crippen molar-refractivity contribution in [2.24, 2.45) is 12.5 Å². The number of nitrogens with zero attached hydrogens (tertiary/aromatic N) is 3. The third kappa shape index (κ3) is 2.33. The van der Waals surface area contributed by atoms with Gasteiger partial charge in [-0.05, 0) is 39.8 Å². The zero-order valence-corrected chi connectivity index (χ0v) is 12.0. The van der Waals surface area contributed by atoms with Gasteiger partial charge in [0.15, 0.2) is 4.60 Å². The molecule has 1 atom stereocenters. The molecule has 0 radical (unpaired) electrons. The third-order valence-electron chi connectivity index (χ3n) is 2.89. The molecule has 0 aromatic carbocycles. The molecule has 88 valence electrons. The van der Waals surface area contributed by atoms with Gasteiger partial charge >= 0.3 is 0 Å². The highest BCUT2D eigenvalue weighted by Crippen LogP contribution is 2.42. The van der Waals surface area contributed by atoms with E-state index in [2.05, 4.69) is 46.2 Å². The molecule has 16 heavy (non-hydrogen) atoms. The average Bonchev–Trinajstić information content (AvgIpc) is 2.42. The normalized spacial score (nSPS) is 24.3. The fraction of sp³-hybridized carbons (Fsp3) is 0.636. The minimum absolute atomic E-state index is 0.0977. The largest absolute Gasteiger partial charge is 0.247 e. The molecular formula is C11H15BrClN3.